The topological polar surface area (TPSA) is 123 Å². The number of pyridine rings is 1. The number of anilines is 1. The number of nitrogens with zero attached hydrogens (tertiary/aromatic N) is 1. The zero-order valence-electron chi connectivity index (χ0n) is 27.2. The molecule has 0 spiro atoms. The summed E-state index contributed by atoms with van der Waals surface area (Å²) in [6.45, 7) is 5.43. The van der Waals surface area contributed by atoms with Crippen LogP contribution in [0.2, 0.25) is 0 Å². The zero-order chi connectivity index (χ0) is 33.7. The molecular weight excluding hydrogens is 624 g/mol. The first-order chi connectivity index (χ1) is 22.2. The number of thioether (sulfide) groups is 2. The summed E-state index contributed by atoms with van der Waals surface area (Å²) in [6.07, 6.45) is 10.6. The fourth-order valence-corrected chi connectivity index (χ4v) is 5.87. The summed E-state index contributed by atoms with van der Waals surface area (Å²) in [6, 6.07) is 15.8. The van der Waals surface area contributed by atoms with Crippen LogP contribution in [0.4, 0.5) is 10.1 Å². The molecule has 2 atom stereocenters. The molecule has 2 heterocycles. The van der Waals surface area contributed by atoms with E-state index in [0.717, 1.165) is 54.7 Å². The Bertz CT molecular complexity index is 1330. The number of carbonyl (C=O) groups excluding carboxylic acids is 3. The van der Waals surface area contributed by atoms with Crippen molar-refractivity contribution in [3.63, 3.8) is 0 Å². The summed E-state index contributed by atoms with van der Waals surface area (Å²) in [5, 5.41) is 7.08. The Hall–Kier alpha value is -3.25. The lowest BCUT2D eigenvalue weighted by Gasteiger charge is -2.15. The number of carbonyl (C=O) groups is 3. The number of halogens is 1. The van der Waals surface area contributed by atoms with E-state index >= 15 is 0 Å². The number of hydrogen-bond donors (Lipinski definition) is 3. The summed E-state index contributed by atoms with van der Waals surface area (Å²) >= 11 is 3.13. The van der Waals surface area contributed by atoms with Crippen molar-refractivity contribution in [1.82, 2.24) is 10.3 Å². The second-order valence-corrected chi connectivity index (χ2v) is 13.2. The highest BCUT2D eigenvalue weighted by molar-refractivity contribution is 8.14. The summed E-state index contributed by atoms with van der Waals surface area (Å²) in [5.74, 6) is 0.375. The normalized spacial score (nSPS) is 15.3. The van der Waals surface area contributed by atoms with E-state index in [4.69, 9.17) is 10.5 Å². The summed E-state index contributed by atoms with van der Waals surface area (Å²) in [7, 11) is 1.70. The number of primary amides is 1. The van der Waals surface area contributed by atoms with Gasteiger partial charge in [0.1, 0.15) is 12.1 Å². The van der Waals surface area contributed by atoms with Gasteiger partial charge in [0.25, 0.3) is 0 Å². The van der Waals surface area contributed by atoms with Gasteiger partial charge in [-0.15, -0.1) is 0 Å². The van der Waals surface area contributed by atoms with E-state index < -0.39 is 5.91 Å². The van der Waals surface area contributed by atoms with E-state index in [-0.39, 0.29) is 22.2 Å². The number of nitrogens with one attached hydrogen (secondary N) is 2. The Labute approximate surface area is 281 Å². The third-order valence-electron chi connectivity index (χ3n) is 7.02. The molecule has 4 N–H and O–H groups in total. The lowest BCUT2D eigenvalue weighted by atomic mass is 9.98. The van der Waals surface area contributed by atoms with Crippen LogP contribution in [0.15, 0.2) is 67.0 Å². The third kappa shape index (κ3) is 15.4. The number of amides is 1. The first-order valence-corrected chi connectivity index (χ1v) is 17.6. The van der Waals surface area contributed by atoms with Crippen LogP contribution < -0.4 is 16.4 Å². The number of nitrogens with two attached hydrogens (primary N) is 1. The number of aryl methyl sites for hydroxylation is 2. The van der Waals surface area contributed by atoms with Gasteiger partial charge in [0.05, 0.1) is 6.10 Å². The van der Waals surface area contributed by atoms with E-state index in [1.165, 1.54) is 23.9 Å². The van der Waals surface area contributed by atoms with Gasteiger partial charge in [0.15, 0.2) is 0 Å². The van der Waals surface area contributed by atoms with Crippen LogP contribution in [-0.2, 0) is 22.4 Å². The molecule has 2 aromatic carbocycles. The van der Waals surface area contributed by atoms with Crippen molar-refractivity contribution in [2.24, 2.45) is 5.73 Å². The predicted octanol–water partition coefficient (Wildman–Crippen LogP) is 6.19. The van der Waals surface area contributed by atoms with Gasteiger partial charge < -0.3 is 25.9 Å². The van der Waals surface area contributed by atoms with Gasteiger partial charge in [-0.3, -0.25) is 14.6 Å². The van der Waals surface area contributed by atoms with Gasteiger partial charge in [-0.05, 0) is 99.1 Å². The van der Waals surface area contributed by atoms with Crippen molar-refractivity contribution >= 4 is 46.5 Å². The van der Waals surface area contributed by atoms with Crippen LogP contribution in [0.1, 0.15) is 65.0 Å². The molecule has 1 fully saturated rings. The summed E-state index contributed by atoms with van der Waals surface area (Å²) < 4.78 is 17.9. The first kappa shape index (κ1) is 38.9. The molecule has 250 valence electrons. The molecule has 1 aliphatic heterocycles. The maximum Gasteiger partial charge on any atom is 0.249 e. The molecule has 1 saturated heterocycles. The van der Waals surface area contributed by atoms with Crippen molar-refractivity contribution in [3.8, 4) is 0 Å². The van der Waals surface area contributed by atoms with E-state index in [1.807, 2.05) is 32.2 Å². The van der Waals surface area contributed by atoms with Gasteiger partial charge in [0.2, 0.25) is 11.0 Å². The smallest absolute Gasteiger partial charge is 0.249 e. The number of ether oxygens (including phenoxy) is 1. The minimum Gasteiger partial charge on any atom is -0.383 e. The standard InChI is InChI=1S/C26H27FN4O2S.C5H10OS.C4H10O/c27-20-8-4-17(5-9-20)3-6-18-7-10-21(13-24(18)25(28)32)30-15-22-12-23(16-31-22)34-26(33)19-2-1-11-29-14-19;1-7-5-3-2-4-6;1-4(2)5-3/h1-2,4-5,7-11,13-14,22-23,30-31H,3,6,12,15-16H2,(H2,28,32);4H,2-3,5H2,1H3;4H,1-3H3. The molecule has 1 amide bonds. The fourth-order valence-electron chi connectivity index (χ4n) is 4.35. The number of benzene rings is 2. The highest BCUT2D eigenvalue weighted by Crippen LogP contribution is 2.25. The lowest BCUT2D eigenvalue weighted by Crippen LogP contribution is -2.29. The van der Waals surface area contributed by atoms with Gasteiger partial charge >= 0.3 is 0 Å². The maximum atomic E-state index is 13.1. The molecule has 46 heavy (non-hydrogen) atoms. The van der Waals surface area contributed by atoms with E-state index in [0.29, 0.717) is 36.6 Å². The van der Waals surface area contributed by atoms with E-state index in [9.17, 15) is 18.8 Å². The number of unbranched alkanes of at least 4 members (excludes halogenated alkanes) is 1. The SMILES string of the molecule is COC(C)C.CSCCCC=O.NC(=O)c1cc(NCC2CC(SC(=O)c3cccnc3)CN2)ccc1CCc1ccc(F)cc1. The van der Waals surface area contributed by atoms with Crippen LogP contribution in [0.3, 0.4) is 0 Å². The highest BCUT2D eigenvalue weighted by atomic mass is 32.2. The number of hydrogen-bond acceptors (Lipinski definition) is 9. The Kier molecular flexibility index (Phi) is 18.9. The molecule has 3 aromatic rings. The monoisotopic (exact) mass is 670 g/mol. The van der Waals surface area contributed by atoms with Gasteiger partial charge in [0, 0.05) is 67.1 Å². The molecule has 4 rings (SSSR count). The van der Waals surface area contributed by atoms with Crippen molar-refractivity contribution in [2.45, 2.75) is 63.3 Å². The largest absolute Gasteiger partial charge is 0.383 e. The number of aldehydes is 1. The maximum absolute atomic E-state index is 13.1. The average Bonchev–Trinajstić information content (AvgIpc) is 3.52. The molecular formula is C35H47FN4O4S2. The van der Waals surface area contributed by atoms with Crippen molar-refractivity contribution in [1.29, 1.82) is 0 Å². The van der Waals surface area contributed by atoms with Crippen molar-refractivity contribution in [3.05, 3.63) is 95.1 Å². The lowest BCUT2D eigenvalue weighted by molar-refractivity contribution is -0.107. The van der Waals surface area contributed by atoms with Crippen molar-refractivity contribution < 1.29 is 23.5 Å². The minimum atomic E-state index is -0.470. The molecule has 2 unspecified atom stereocenters. The number of rotatable bonds is 14. The van der Waals surface area contributed by atoms with Crippen molar-refractivity contribution in [2.75, 3.05) is 37.5 Å². The Balaban J connectivity index is 0.000000522. The molecule has 0 radical (unpaired) electrons. The molecule has 1 aromatic heterocycles. The highest BCUT2D eigenvalue weighted by Gasteiger charge is 2.27. The van der Waals surface area contributed by atoms with E-state index in [1.54, 1.807) is 61.6 Å². The second-order valence-electron chi connectivity index (χ2n) is 10.9. The predicted molar refractivity (Wildman–Crippen MR) is 189 cm³/mol. The summed E-state index contributed by atoms with van der Waals surface area (Å²) in [4.78, 5) is 38.1. The number of methoxy groups -OCH3 is 1. The first-order valence-electron chi connectivity index (χ1n) is 15.4. The zero-order valence-corrected chi connectivity index (χ0v) is 28.8. The van der Waals surface area contributed by atoms with Crippen LogP contribution >= 0.6 is 23.5 Å². The Morgan fingerprint density at radius 3 is 2.52 bits per heavy atom. The molecule has 0 aliphatic carbocycles. The molecule has 11 heteroatoms. The molecule has 8 nitrogen and oxygen atoms in total. The van der Waals surface area contributed by atoms with E-state index in [2.05, 4.69) is 15.6 Å². The molecule has 0 bridgehead atoms. The quantitative estimate of drug-likeness (QED) is 0.136. The third-order valence-corrected chi connectivity index (χ3v) is 8.86. The van der Waals surface area contributed by atoms with Crippen LogP contribution in [0.5, 0.6) is 0 Å². The number of aromatic nitrogens is 1. The summed E-state index contributed by atoms with van der Waals surface area (Å²) in [5.41, 5.74) is 9.43. The second kappa shape index (κ2) is 22.3. The van der Waals surface area contributed by atoms with Crippen LogP contribution in [0, 0.1) is 5.82 Å². The van der Waals surface area contributed by atoms with Gasteiger partial charge in [-0.1, -0.05) is 30.0 Å². The Morgan fingerprint density at radius 1 is 1.17 bits per heavy atom. The molecule has 1 aliphatic rings. The average molecular weight is 671 g/mol. The molecule has 0 saturated carbocycles. The fraction of sp³-hybridized carbons (Fsp3) is 0.429. The minimum absolute atomic E-state index is 0.0378. The Morgan fingerprint density at radius 2 is 1.91 bits per heavy atom. The van der Waals surface area contributed by atoms with Crippen LogP contribution in [0.25, 0.3) is 0 Å². The van der Waals surface area contributed by atoms with Gasteiger partial charge in [-0.2, -0.15) is 11.8 Å². The van der Waals surface area contributed by atoms with Gasteiger partial charge in [-0.25, -0.2) is 4.39 Å². The van der Waals surface area contributed by atoms with Crippen LogP contribution in [-0.4, -0.2) is 71.9 Å².